The Balaban J connectivity index is 0.000000167. The molecule has 0 aliphatic heterocycles. The maximum Gasteiger partial charge on any atom is 0.347 e. The van der Waals surface area contributed by atoms with Gasteiger partial charge in [0.15, 0.2) is 0 Å². The number of esters is 2. The van der Waals surface area contributed by atoms with Crippen molar-refractivity contribution in [3.8, 4) is 6.01 Å². The highest BCUT2D eigenvalue weighted by Gasteiger charge is 2.32. The number of hydrogen-bond acceptors (Lipinski definition) is 24. The van der Waals surface area contributed by atoms with Crippen LogP contribution in [0.15, 0.2) is 162 Å². The van der Waals surface area contributed by atoms with Crippen molar-refractivity contribution in [1.29, 1.82) is 0 Å². The van der Waals surface area contributed by atoms with Crippen molar-refractivity contribution < 1.29 is 75.7 Å². The maximum atomic E-state index is 13.7. The lowest BCUT2D eigenvalue weighted by Crippen LogP contribution is -2.30. The molecule has 0 saturated heterocycles. The van der Waals surface area contributed by atoms with Gasteiger partial charge in [-0.05, 0) is 226 Å². The molecule has 0 unspecified atom stereocenters. The molecule has 0 radical (unpaired) electrons. The third kappa shape index (κ3) is 21.6. The summed E-state index contributed by atoms with van der Waals surface area (Å²) in [5.41, 5.74) is 17.4. The smallest absolute Gasteiger partial charge is 0.347 e. The number of fused-ring (bicyclic) bond motifs is 4. The number of ether oxygens (including phenoxy) is 2. The van der Waals surface area contributed by atoms with E-state index in [1.807, 2.05) is 0 Å². The van der Waals surface area contributed by atoms with Crippen molar-refractivity contribution in [1.82, 2.24) is 77.0 Å². The van der Waals surface area contributed by atoms with Crippen LogP contribution in [0.5, 0.6) is 6.01 Å². The molecular weight excluding hydrogens is 1560 g/mol. The Morgan fingerprint density at radius 1 is 0.438 bits per heavy atom. The van der Waals surface area contributed by atoms with Gasteiger partial charge in [0.2, 0.25) is 11.9 Å². The van der Waals surface area contributed by atoms with Crippen LogP contribution >= 0.6 is 0 Å². The van der Waals surface area contributed by atoms with Crippen LogP contribution in [0, 0.1) is 38.2 Å². The second kappa shape index (κ2) is 38.3. The summed E-state index contributed by atoms with van der Waals surface area (Å²) in [7, 11) is 2.65. The van der Waals surface area contributed by atoms with Gasteiger partial charge in [-0.15, -0.1) is 5.10 Å². The molecule has 11 aromatic rings. The van der Waals surface area contributed by atoms with Gasteiger partial charge in [-0.1, -0.05) is 71.6 Å². The standard InChI is InChI=1S/C31H26FN7O5.C28H29FN6O4.C27H27FN6O4/c1-17-13-18(7-11-22(17)32)16-33-28(40)25-15-26(36-31(35-25)44-39-27-6-4-3-5-24(27)37-38-39)29(41)34-23-12-9-19-14-20(30(42)43-2)8-10-21(19)23;1-15(2)34-35-28-32-23(25(36)30-14-17-5-9-21(29)16(3)11-17)13-24(33-28)26(37)31-22-10-7-18-12-19(27(38)39-4)6-8-20(18)22;1-14(2)33-34-27-31-22(24(35)29-13-16-4-8-20(28)15(3)10-16)12-23(32-27)25(36)30-21-9-6-17-11-18(26(37)38)5-7-19(17)21/h3-8,10-11,13-15,23H,9,12,16H2,1-2H3,(H,33,40)(H,34,41);5-6,8-9,11-13,22H,7,10,14H2,1-4H3,(H,30,36)(H,31,37)(H,32,33,35);4-5,7-8,10-12,21H,6,9,13H2,1-3H3,(H,29,35)(H,30,36)(H,37,38)(H,31,32,34)/t23-;22-;21-/m000/s1. The summed E-state index contributed by atoms with van der Waals surface area (Å²) in [4.78, 5) is 146. The molecule has 35 heteroatoms. The molecule has 32 nitrogen and oxygen atoms in total. The molecule has 4 heterocycles. The Labute approximate surface area is 690 Å². The van der Waals surface area contributed by atoms with Gasteiger partial charge in [0.1, 0.15) is 62.6 Å². The fraction of sp³-hybridized carbons (Fsp3) is 0.244. The molecule has 3 atom stereocenters. The van der Waals surface area contributed by atoms with E-state index in [9.17, 15) is 61.4 Å². The van der Waals surface area contributed by atoms with Crippen molar-refractivity contribution in [3.63, 3.8) is 0 Å². The van der Waals surface area contributed by atoms with Gasteiger partial charge < -0.3 is 51.3 Å². The Hall–Kier alpha value is -15.1. The van der Waals surface area contributed by atoms with Crippen molar-refractivity contribution in [2.24, 2.45) is 10.2 Å². The largest absolute Gasteiger partial charge is 0.478 e. The van der Waals surface area contributed by atoms with E-state index in [-0.39, 0.29) is 113 Å². The van der Waals surface area contributed by atoms with Crippen LogP contribution in [-0.4, -0.2) is 129 Å². The summed E-state index contributed by atoms with van der Waals surface area (Å²) in [6.45, 7) is 12.4. The Kier molecular flexibility index (Phi) is 27.0. The molecule has 121 heavy (non-hydrogen) atoms. The fourth-order valence-electron chi connectivity index (χ4n) is 13.4. The van der Waals surface area contributed by atoms with Crippen LogP contribution in [0.4, 0.5) is 25.1 Å². The van der Waals surface area contributed by atoms with E-state index < -0.39 is 53.4 Å². The number of para-hydroxylation sites is 1. The van der Waals surface area contributed by atoms with Gasteiger partial charge >= 0.3 is 23.9 Å². The van der Waals surface area contributed by atoms with Gasteiger partial charge in [0.05, 0.1) is 49.0 Å². The van der Waals surface area contributed by atoms with E-state index in [0.717, 1.165) is 38.2 Å². The molecule has 6 amide bonds. The number of hydrazone groups is 2. The number of methoxy groups -OCH3 is 2. The summed E-state index contributed by atoms with van der Waals surface area (Å²) in [5, 5.41) is 42.4. The number of rotatable bonds is 24. The molecule has 0 fully saturated rings. The molecule has 14 rings (SSSR count). The molecule has 9 N–H and O–H groups in total. The van der Waals surface area contributed by atoms with Crippen LogP contribution in [0.2, 0.25) is 0 Å². The number of anilines is 2. The third-order valence-corrected chi connectivity index (χ3v) is 19.5. The lowest BCUT2D eigenvalue weighted by atomic mass is 10.0. The number of carbonyl (C=O) groups excluding carboxylic acids is 8. The van der Waals surface area contributed by atoms with Crippen LogP contribution in [0.1, 0.15) is 226 Å². The Morgan fingerprint density at radius 3 is 1.15 bits per heavy atom. The van der Waals surface area contributed by atoms with Crippen molar-refractivity contribution in [2.45, 2.75) is 125 Å². The summed E-state index contributed by atoms with van der Waals surface area (Å²) >= 11 is 0. The minimum atomic E-state index is -1.01. The molecule has 3 aliphatic rings. The summed E-state index contributed by atoms with van der Waals surface area (Å²) in [6.07, 6.45) is 3.81. The summed E-state index contributed by atoms with van der Waals surface area (Å²) < 4.78 is 50.4. The van der Waals surface area contributed by atoms with Gasteiger partial charge in [0, 0.05) is 49.3 Å². The van der Waals surface area contributed by atoms with Crippen LogP contribution < -0.4 is 47.6 Å². The lowest BCUT2D eigenvalue weighted by Gasteiger charge is -2.15. The topological polar surface area (TPSA) is 431 Å². The van der Waals surface area contributed by atoms with E-state index in [1.54, 1.807) is 158 Å². The first kappa shape index (κ1) is 85.3. The number of benzene rings is 7. The first-order valence-electron chi connectivity index (χ1n) is 38.0. The highest BCUT2D eigenvalue weighted by molar-refractivity contribution is 6.00. The number of aryl methyl sites for hydroxylation is 6. The maximum absolute atomic E-state index is 13.7. The zero-order valence-electron chi connectivity index (χ0n) is 66.9. The number of carbonyl (C=O) groups is 9. The number of nitrogens with one attached hydrogen (secondary N) is 8. The third-order valence-electron chi connectivity index (χ3n) is 19.5. The van der Waals surface area contributed by atoms with Gasteiger partial charge in [-0.3, -0.25) is 28.8 Å². The lowest BCUT2D eigenvalue weighted by molar-refractivity contribution is 0.0591. The van der Waals surface area contributed by atoms with E-state index in [4.69, 9.17) is 14.3 Å². The van der Waals surface area contributed by atoms with Crippen LogP contribution in [-0.2, 0) is 48.4 Å². The molecule has 4 aromatic heterocycles. The average Bonchev–Trinajstić information content (AvgIpc) is 1.73. The second-order valence-electron chi connectivity index (χ2n) is 28.8. The molecule has 620 valence electrons. The fourth-order valence-corrected chi connectivity index (χ4v) is 13.4. The van der Waals surface area contributed by atoms with Gasteiger partial charge in [-0.25, -0.2) is 58.3 Å². The van der Waals surface area contributed by atoms with Crippen molar-refractivity contribution >= 4 is 87.7 Å². The zero-order valence-corrected chi connectivity index (χ0v) is 66.9. The number of aromatic nitrogens is 9. The molecule has 0 spiro atoms. The van der Waals surface area contributed by atoms with E-state index >= 15 is 0 Å². The number of halogens is 3. The highest BCUT2D eigenvalue weighted by Crippen LogP contribution is 2.36. The van der Waals surface area contributed by atoms with Crippen molar-refractivity contribution in [3.05, 3.63) is 287 Å². The van der Waals surface area contributed by atoms with E-state index in [0.29, 0.717) is 105 Å². The normalized spacial score (nSPS) is 13.8. The SMILES string of the molecule is CC(C)=NNc1nc(C(=O)NCc2ccc(F)c(C)c2)cc(C(=O)N[C@H]2CCc3cc(C(=O)O)ccc32)n1.COC(=O)c1ccc2c(c1)CC[C@@H]2NC(=O)c1cc(C(=O)NCc2ccc(F)c(C)c2)nc(NN=C(C)C)n1.COC(=O)c1ccc2c(c1)CC[C@@H]2NC(=O)c1cc(C(=O)NCc2ccc(F)c(C)c2)nc(On2nnc3ccccc32)n1. The average molecular weight is 1650 g/mol. The van der Waals surface area contributed by atoms with Crippen LogP contribution in [0.3, 0.4) is 0 Å². The molecule has 0 bridgehead atoms. The van der Waals surface area contributed by atoms with Crippen LogP contribution in [0.25, 0.3) is 11.0 Å². The minimum absolute atomic E-state index is 0.0128. The number of carboxylic acid groups (broad SMARTS) is 1. The Bertz CT molecular complexity index is 5970. The second-order valence-corrected chi connectivity index (χ2v) is 28.8. The van der Waals surface area contributed by atoms with E-state index in [1.165, 1.54) is 56.7 Å². The molecule has 7 aromatic carbocycles. The predicted octanol–water partition coefficient (Wildman–Crippen LogP) is 11.3. The number of aromatic carboxylic acids is 1. The number of nitrogens with zero attached hydrogens (tertiary/aromatic N) is 11. The minimum Gasteiger partial charge on any atom is -0.478 e. The highest BCUT2D eigenvalue weighted by atomic mass is 19.1. The predicted molar refractivity (Wildman–Crippen MR) is 436 cm³/mol. The first-order valence-corrected chi connectivity index (χ1v) is 38.0. The van der Waals surface area contributed by atoms with Gasteiger partial charge in [0.25, 0.3) is 35.4 Å². The van der Waals surface area contributed by atoms with Crippen molar-refractivity contribution in [2.75, 3.05) is 25.1 Å². The summed E-state index contributed by atoms with van der Waals surface area (Å²) in [6, 6.07) is 38.6. The monoisotopic (exact) mass is 1650 g/mol. The molecule has 0 saturated carbocycles. The summed E-state index contributed by atoms with van der Waals surface area (Å²) in [5.74, 6) is -6.15. The number of amides is 6. The van der Waals surface area contributed by atoms with E-state index in [2.05, 4.69) is 93.2 Å². The zero-order chi connectivity index (χ0) is 86.3. The Morgan fingerprint density at radius 2 is 0.785 bits per heavy atom. The first-order chi connectivity index (χ1) is 58.0. The number of hydrogen-bond donors (Lipinski definition) is 9. The number of carboxylic acids is 1. The quantitative estimate of drug-likeness (QED) is 0.0154. The molecule has 3 aliphatic carbocycles. The van der Waals surface area contributed by atoms with Gasteiger partial charge in [-0.2, -0.15) is 20.2 Å². The molecular formula is C86H82F3N19O13.